The van der Waals surface area contributed by atoms with Gasteiger partial charge in [-0.1, -0.05) is 0 Å². The third-order valence-electron chi connectivity index (χ3n) is 7.03. The van der Waals surface area contributed by atoms with Crippen molar-refractivity contribution < 1.29 is 59.4 Å². The first-order valence-corrected chi connectivity index (χ1v) is 14.6. The zero-order valence-corrected chi connectivity index (χ0v) is 25.3. The molecule has 1 rings (SSSR count). The fourth-order valence-corrected chi connectivity index (χ4v) is 4.62. The number of unbranched alkanes of at least 4 members (excludes halogenated alkanes) is 1. The molecule has 19 nitrogen and oxygen atoms in total. The van der Waals surface area contributed by atoms with Crippen molar-refractivity contribution in [2.45, 2.75) is 44.1 Å². The molecule has 0 aliphatic carbocycles. The van der Waals surface area contributed by atoms with Crippen LogP contribution >= 0.6 is 0 Å². The monoisotopic (exact) mass is 649 g/mol. The Hall–Kier alpha value is -3.46. The second-order valence-corrected chi connectivity index (χ2v) is 10.9. The Bertz CT molecular complexity index is 954. The van der Waals surface area contributed by atoms with Gasteiger partial charge < -0.3 is 47.0 Å². The molecule has 10 N–H and O–H groups in total. The Labute approximate surface area is 260 Å². The van der Waals surface area contributed by atoms with Crippen LogP contribution in [0.3, 0.4) is 0 Å². The van der Waals surface area contributed by atoms with Crippen LogP contribution in [0.5, 0.6) is 0 Å². The highest BCUT2D eigenvalue weighted by Crippen LogP contribution is 2.04. The molecule has 2 amide bonds. The number of carbonyl (C=O) groups excluding carboxylic acids is 2. The van der Waals surface area contributed by atoms with Crippen molar-refractivity contribution in [3.8, 4) is 0 Å². The molecule has 45 heavy (non-hydrogen) atoms. The maximum absolute atomic E-state index is 13.0. The van der Waals surface area contributed by atoms with E-state index in [-0.39, 0.29) is 91.5 Å². The summed E-state index contributed by atoms with van der Waals surface area (Å²) >= 11 is 0. The van der Waals surface area contributed by atoms with Gasteiger partial charge in [-0.25, -0.2) is 0 Å². The fourth-order valence-electron chi connectivity index (χ4n) is 4.62. The van der Waals surface area contributed by atoms with E-state index in [0.717, 1.165) is 0 Å². The van der Waals surface area contributed by atoms with Crippen LogP contribution in [-0.2, 0) is 28.8 Å². The number of carboxylic acids is 4. The number of nitrogens with one attached hydrogen (secondary N) is 2. The Kier molecular flexibility index (Phi) is 18.7. The molecule has 0 saturated carbocycles. The lowest BCUT2D eigenvalue weighted by Crippen LogP contribution is -2.53. The number of nitrogens with two attached hydrogens (primary N) is 1. The summed E-state index contributed by atoms with van der Waals surface area (Å²) in [4.78, 5) is 77.2. The van der Waals surface area contributed by atoms with Crippen LogP contribution in [0.2, 0.25) is 0 Å². The van der Waals surface area contributed by atoms with Gasteiger partial charge in [-0.15, -0.1) is 0 Å². The largest absolute Gasteiger partial charge is 0.480 e. The molecular formula is C26H47N7O12. The lowest BCUT2D eigenvalue weighted by molar-refractivity contribution is -0.140. The fraction of sp³-hybridized carbons (Fsp3) is 0.769. The number of amides is 2. The van der Waals surface area contributed by atoms with Gasteiger partial charge in [0.2, 0.25) is 11.8 Å². The van der Waals surface area contributed by atoms with Crippen LogP contribution in [-0.4, -0.2) is 189 Å². The molecule has 0 aromatic rings. The minimum Gasteiger partial charge on any atom is -0.480 e. The first kappa shape index (κ1) is 39.6. The Balaban J connectivity index is 2.92. The zero-order valence-electron chi connectivity index (χ0n) is 25.3. The summed E-state index contributed by atoms with van der Waals surface area (Å²) in [7, 11) is 0. The molecule has 2 atom stereocenters. The van der Waals surface area contributed by atoms with Gasteiger partial charge in [0.15, 0.2) is 6.29 Å². The van der Waals surface area contributed by atoms with Crippen molar-refractivity contribution in [1.29, 1.82) is 0 Å². The number of carboxylic acid groups (broad SMARTS) is 4. The van der Waals surface area contributed by atoms with E-state index < -0.39 is 60.5 Å². The van der Waals surface area contributed by atoms with Crippen LogP contribution in [0, 0.1) is 0 Å². The standard InChI is InChI=1S/C26H47N7O12/c27-18(26(44)45)3-1-2-4-28-25(43)19(13-21(35)36)29-20(34)14-30-5-7-31(15-22(37)38)9-11-33(17-24(41)42)12-10-32(8-6-30)16-23(39)40/h18-19,21,35-36H,1-17,27H2,(H,28,43)(H,29,34)(H,37,38)(H,39,40)(H,41,42)(H,44,45)/t18-,19+/m0/s1. The van der Waals surface area contributed by atoms with E-state index in [0.29, 0.717) is 12.8 Å². The minimum atomic E-state index is -1.91. The van der Waals surface area contributed by atoms with Crippen molar-refractivity contribution >= 4 is 35.7 Å². The molecule has 0 aromatic carbocycles. The van der Waals surface area contributed by atoms with Crippen molar-refractivity contribution in [2.24, 2.45) is 5.73 Å². The summed E-state index contributed by atoms with van der Waals surface area (Å²) in [5.41, 5.74) is 5.45. The SMILES string of the molecule is N[C@@H](CCCCNC(=O)[C@@H](CC(O)O)NC(=O)CN1CCN(CC(=O)O)CCN(CC(=O)O)CCN(CC(=O)O)CC1)C(=O)O. The summed E-state index contributed by atoms with van der Waals surface area (Å²) in [5.74, 6) is -5.72. The summed E-state index contributed by atoms with van der Waals surface area (Å²) in [6.45, 7) is 0.473. The Morgan fingerprint density at radius 1 is 0.644 bits per heavy atom. The number of rotatable bonds is 18. The van der Waals surface area contributed by atoms with Crippen LogP contribution < -0.4 is 16.4 Å². The molecule has 0 aromatic heterocycles. The van der Waals surface area contributed by atoms with Gasteiger partial charge in [0.05, 0.1) is 26.2 Å². The molecule has 0 unspecified atom stereocenters. The highest BCUT2D eigenvalue weighted by atomic mass is 16.5. The number of carbonyl (C=O) groups is 6. The first-order valence-electron chi connectivity index (χ1n) is 14.6. The molecule has 0 spiro atoms. The van der Waals surface area contributed by atoms with E-state index in [1.807, 2.05) is 0 Å². The van der Waals surface area contributed by atoms with Crippen LogP contribution in [0.4, 0.5) is 0 Å². The maximum atomic E-state index is 13.0. The molecule has 1 aliphatic rings. The molecule has 1 aliphatic heterocycles. The van der Waals surface area contributed by atoms with Gasteiger partial charge in [-0.3, -0.25) is 48.4 Å². The third kappa shape index (κ3) is 18.8. The predicted molar refractivity (Wildman–Crippen MR) is 156 cm³/mol. The number of hydrogen-bond acceptors (Lipinski definition) is 13. The second kappa shape index (κ2) is 21.3. The molecule has 1 heterocycles. The molecule has 0 bridgehead atoms. The van der Waals surface area contributed by atoms with E-state index >= 15 is 0 Å². The van der Waals surface area contributed by atoms with Gasteiger partial charge in [0, 0.05) is 65.3 Å². The van der Waals surface area contributed by atoms with Gasteiger partial charge in [-0.2, -0.15) is 0 Å². The normalized spacial score (nSPS) is 17.9. The van der Waals surface area contributed by atoms with E-state index in [1.165, 1.54) is 0 Å². The smallest absolute Gasteiger partial charge is 0.320 e. The van der Waals surface area contributed by atoms with E-state index in [9.17, 15) is 54.3 Å². The summed E-state index contributed by atoms with van der Waals surface area (Å²) in [6, 6.07) is -2.33. The van der Waals surface area contributed by atoms with Crippen molar-refractivity contribution in [1.82, 2.24) is 30.2 Å². The van der Waals surface area contributed by atoms with Gasteiger partial charge in [0.1, 0.15) is 12.1 Å². The number of aliphatic hydroxyl groups excluding tert-OH is 1. The van der Waals surface area contributed by atoms with Crippen molar-refractivity contribution in [3.63, 3.8) is 0 Å². The Morgan fingerprint density at radius 2 is 1.04 bits per heavy atom. The topological polar surface area (TPSA) is 287 Å². The maximum Gasteiger partial charge on any atom is 0.320 e. The minimum absolute atomic E-state index is 0.133. The van der Waals surface area contributed by atoms with E-state index in [2.05, 4.69) is 10.6 Å². The number of aliphatic hydroxyl groups is 2. The van der Waals surface area contributed by atoms with Crippen molar-refractivity contribution in [2.75, 3.05) is 85.1 Å². The average Bonchev–Trinajstić information content (AvgIpc) is 2.92. The van der Waals surface area contributed by atoms with E-state index in [1.54, 1.807) is 19.6 Å². The Morgan fingerprint density at radius 3 is 1.40 bits per heavy atom. The van der Waals surface area contributed by atoms with Gasteiger partial charge >= 0.3 is 23.9 Å². The molecule has 0 radical (unpaired) electrons. The predicted octanol–water partition coefficient (Wildman–Crippen LogP) is -4.65. The summed E-state index contributed by atoms with van der Waals surface area (Å²) in [5, 5.41) is 60.8. The van der Waals surface area contributed by atoms with Crippen LogP contribution in [0.1, 0.15) is 25.7 Å². The molecular weight excluding hydrogens is 602 g/mol. The number of aliphatic carboxylic acids is 4. The number of hydrogen-bond donors (Lipinski definition) is 9. The van der Waals surface area contributed by atoms with Crippen LogP contribution in [0.15, 0.2) is 0 Å². The second-order valence-electron chi connectivity index (χ2n) is 10.9. The zero-order chi connectivity index (χ0) is 33.9. The molecule has 1 saturated heterocycles. The highest BCUT2D eigenvalue weighted by Gasteiger charge is 2.25. The molecule has 258 valence electrons. The lowest BCUT2D eigenvalue weighted by Gasteiger charge is -2.33. The summed E-state index contributed by atoms with van der Waals surface area (Å²) < 4.78 is 0. The average molecular weight is 650 g/mol. The van der Waals surface area contributed by atoms with E-state index in [4.69, 9.17) is 10.8 Å². The van der Waals surface area contributed by atoms with Crippen LogP contribution in [0.25, 0.3) is 0 Å². The van der Waals surface area contributed by atoms with Gasteiger partial charge in [0.25, 0.3) is 0 Å². The van der Waals surface area contributed by atoms with Crippen molar-refractivity contribution in [3.05, 3.63) is 0 Å². The molecule has 1 fully saturated rings. The summed E-state index contributed by atoms with van der Waals surface area (Å²) in [6.07, 6.45) is -1.40. The van der Waals surface area contributed by atoms with Gasteiger partial charge in [-0.05, 0) is 19.3 Å². The molecule has 19 heteroatoms. The third-order valence-corrected chi connectivity index (χ3v) is 7.03. The first-order chi connectivity index (χ1) is 21.2. The quantitative estimate of drug-likeness (QED) is 0.0498. The highest BCUT2D eigenvalue weighted by molar-refractivity contribution is 5.88. The lowest BCUT2D eigenvalue weighted by atomic mass is 10.1. The number of nitrogens with zero attached hydrogens (tertiary/aromatic N) is 4.